The summed E-state index contributed by atoms with van der Waals surface area (Å²) >= 11 is 0. The molecule has 0 aliphatic carbocycles. The van der Waals surface area contributed by atoms with Crippen molar-refractivity contribution in [2.45, 2.75) is 12.5 Å². The van der Waals surface area contributed by atoms with E-state index in [1.54, 1.807) is 11.9 Å². The van der Waals surface area contributed by atoms with E-state index in [4.69, 9.17) is 15.5 Å². The molecule has 4 N–H and O–H groups in total. The second-order valence-electron chi connectivity index (χ2n) is 4.77. The van der Waals surface area contributed by atoms with Gasteiger partial charge in [0.05, 0.1) is 5.69 Å². The molecule has 1 aliphatic rings. The fourth-order valence-electron chi connectivity index (χ4n) is 2.19. The van der Waals surface area contributed by atoms with Crippen LogP contribution in [-0.2, 0) is 15.9 Å². The van der Waals surface area contributed by atoms with Crippen LogP contribution in [0.5, 0.6) is 0 Å². The second kappa shape index (κ2) is 5.78. The third-order valence-corrected chi connectivity index (χ3v) is 3.33. The van der Waals surface area contributed by atoms with Crippen molar-refractivity contribution in [3.8, 4) is 0 Å². The molecule has 1 heterocycles. The maximum atomic E-state index is 14.5. The second-order valence-corrected chi connectivity index (χ2v) is 4.77. The predicted octanol–water partition coefficient (Wildman–Crippen LogP) is -1.07. The van der Waals surface area contributed by atoms with Crippen molar-refractivity contribution in [2.75, 3.05) is 25.1 Å². The van der Waals surface area contributed by atoms with Crippen molar-refractivity contribution in [1.82, 2.24) is 0 Å². The number of likely N-dealkylation sites (N-methyl/N-ethyl adjacent to an activating group) is 1. The number of carboxylic acid groups (broad SMARTS) is 1. The maximum Gasteiger partial charge on any atom is 0.493 e. The van der Waals surface area contributed by atoms with Crippen molar-refractivity contribution in [2.24, 2.45) is 5.73 Å². The fourth-order valence-corrected chi connectivity index (χ4v) is 2.19. The van der Waals surface area contributed by atoms with E-state index >= 15 is 0 Å². The van der Waals surface area contributed by atoms with Crippen molar-refractivity contribution in [3.63, 3.8) is 0 Å². The zero-order chi connectivity index (χ0) is 14.9. The van der Waals surface area contributed by atoms with Gasteiger partial charge < -0.3 is 25.4 Å². The SMILES string of the molecule is CN1CCOB(O)c2ccc(C[C@H](N)C(=O)O)c(F)c21. The summed E-state index contributed by atoms with van der Waals surface area (Å²) in [6.07, 6.45) is -0.112. The Morgan fingerprint density at radius 2 is 2.35 bits per heavy atom. The molecule has 0 radical (unpaired) electrons. The summed E-state index contributed by atoms with van der Waals surface area (Å²) in [5.41, 5.74) is 6.20. The molecular formula is C12H16BFN2O4. The van der Waals surface area contributed by atoms with Gasteiger partial charge in [0.25, 0.3) is 0 Å². The number of fused-ring (bicyclic) bond motifs is 1. The number of hydrogen-bond donors (Lipinski definition) is 3. The van der Waals surface area contributed by atoms with E-state index in [1.807, 2.05) is 0 Å². The molecular weight excluding hydrogens is 266 g/mol. The molecule has 0 fully saturated rings. The Hall–Kier alpha value is -1.64. The number of nitrogens with two attached hydrogens (primary N) is 1. The summed E-state index contributed by atoms with van der Waals surface area (Å²) in [5, 5.41) is 18.6. The average molecular weight is 282 g/mol. The van der Waals surface area contributed by atoms with Crippen LogP contribution >= 0.6 is 0 Å². The molecule has 0 saturated carbocycles. The summed E-state index contributed by atoms with van der Waals surface area (Å²) in [7, 11) is 0.496. The highest BCUT2D eigenvalue weighted by Crippen LogP contribution is 2.22. The largest absolute Gasteiger partial charge is 0.493 e. The molecule has 0 amide bonds. The maximum absolute atomic E-state index is 14.5. The molecule has 20 heavy (non-hydrogen) atoms. The van der Waals surface area contributed by atoms with Crippen LogP contribution in [0, 0.1) is 5.82 Å². The number of carboxylic acids is 1. The summed E-state index contributed by atoms with van der Waals surface area (Å²) in [6.45, 7) is 0.700. The minimum absolute atomic E-state index is 0.112. The lowest BCUT2D eigenvalue weighted by Crippen LogP contribution is -2.36. The highest BCUT2D eigenvalue weighted by atomic mass is 19.1. The minimum Gasteiger partial charge on any atom is -0.480 e. The highest BCUT2D eigenvalue weighted by Gasteiger charge is 2.29. The van der Waals surface area contributed by atoms with Crippen LogP contribution in [0.1, 0.15) is 5.56 Å². The molecule has 0 saturated heterocycles. The fraction of sp³-hybridized carbons (Fsp3) is 0.417. The van der Waals surface area contributed by atoms with E-state index in [2.05, 4.69) is 0 Å². The smallest absolute Gasteiger partial charge is 0.480 e. The molecule has 1 atom stereocenters. The molecule has 8 heteroatoms. The number of benzene rings is 1. The van der Waals surface area contributed by atoms with Gasteiger partial charge in [-0.3, -0.25) is 4.79 Å². The highest BCUT2D eigenvalue weighted by molar-refractivity contribution is 6.62. The third-order valence-electron chi connectivity index (χ3n) is 3.33. The Labute approximate surface area is 116 Å². The first kappa shape index (κ1) is 14.8. The Kier molecular flexibility index (Phi) is 4.27. The average Bonchev–Trinajstić information content (AvgIpc) is 2.53. The molecule has 0 unspecified atom stereocenters. The van der Waals surface area contributed by atoms with Crippen LogP contribution in [0.25, 0.3) is 0 Å². The summed E-state index contributed by atoms with van der Waals surface area (Å²) < 4.78 is 19.7. The van der Waals surface area contributed by atoms with Gasteiger partial charge in [0.1, 0.15) is 11.9 Å². The van der Waals surface area contributed by atoms with E-state index in [-0.39, 0.29) is 24.3 Å². The minimum atomic E-state index is -1.19. The van der Waals surface area contributed by atoms with Crippen LogP contribution in [0.4, 0.5) is 10.1 Å². The molecule has 0 spiro atoms. The van der Waals surface area contributed by atoms with E-state index in [1.165, 1.54) is 12.1 Å². The molecule has 2 rings (SSSR count). The first-order valence-electron chi connectivity index (χ1n) is 6.22. The topological polar surface area (TPSA) is 96.0 Å². The molecule has 0 aromatic heterocycles. The van der Waals surface area contributed by atoms with Crippen molar-refractivity contribution < 1.29 is 24.0 Å². The monoisotopic (exact) mass is 282 g/mol. The molecule has 1 aliphatic heterocycles. The number of hydrogen-bond acceptors (Lipinski definition) is 5. The van der Waals surface area contributed by atoms with E-state index in [9.17, 15) is 14.2 Å². The van der Waals surface area contributed by atoms with Crippen LogP contribution in [0.3, 0.4) is 0 Å². The van der Waals surface area contributed by atoms with Gasteiger partial charge in [0.2, 0.25) is 0 Å². The van der Waals surface area contributed by atoms with Gasteiger partial charge in [-0.05, 0) is 5.56 Å². The number of halogens is 1. The zero-order valence-corrected chi connectivity index (χ0v) is 11.0. The number of carbonyl (C=O) groups is 1. The third kappa shape index (κ3) is 2.77. The summed E-state index contributed by atoms with van der Waals surface area (Å²) in [6, 6.07) is 1.80. The first-order chi connectivity index (χ1) is 9.41. The normalized spacial score (nSPS) is 16.6. The van der Waals surface area contributed by atoms with Gasteiger partial charge in [-0.15, -0.1) is 0 Å². The number of aliphatic carboxylic acids is 1. The Morgan fingerprint density at radius 3 is 3.00 bits per heavy atom. The summed E-state index contributed by atoms with van der Waals surface area (Å²) in [4.78, 5) is 12.4. The standard InChI is InChI=1S/C12H16BFN2O4/c1-16-4-5-20-13(19)8-3-2-7(10(14)11(8)16)6-9(15)12(17)18/h2-3,9,19H,4-6,15H2,1H3,(H,17,18)/t9-/m0/s1. The Morgan fingerprint density at radius 1 is 1.65 bits per heavy atom. The van der Waals surface area contributed by atoms with Crippen molar-refractivity contribution in [1.29, 1.82) is 0 Å². The zero-order valence-electron chi connectivity index (χ0n) is 11.0. The van der Waals surface area contributed by atoms with Gasteiger partial charge in [0.15, 0.2) is 0 Å². The Balaban J connectivity index is 2.41. The molecule has 1 aromatic carbocycles. The van der Waals surface area contributed by atoms with E-state index < -0.39 is 24.9 Å². The molecule has 1 aromatic rings. The molecule has 108 valence electrons. The number of nitrogens with zero attached hydrogens (tertiary/aromatic N) is 1. The Bertz CT molecular complexity index is 528. The van der Waals surface area contributed by atoms with E-state index in [0.717, 1.165) is 0 Å². The van der Waals surface area contributed by atoms with Gasteiger partial charge in [-0.2, -0.15) is 0 Å². The van der Waals surface area contributed by atoms with E-state index in [0.29, 0.717) is 12.0 Å². The van der Waals surface area contributed by atoms with Crippen LogP contribution in [0.2, 0.25) is 0 Å². The van der Waals surface area contributed by atoms with Gasteiger partial charge in [0, 0.05) is 32.1 Å². The lowest BCUT2D eigenvalue weighted by molar-refractivity contribution is -0.138. The number of anilines is 1. The van der Waals surface area contributed by atoms with Crippen LogP contribution in [-0.4, -0.2) is 49.5 Å². The first-order valence-corrected chi connectivity index (χ1v) is 6.22. The molecule has 0 bridgehead atoms. The van der Waals surface area contributed by atoms with Gasteiger partial charge in [-0.1, -0.05) is 12.1 Å². The van der Waals surface area contributed by atoms with Gasteiger partial charge in [-0.25, -0.2) is 4.39 Å². The van der Waals surface area contributed by atoms with Crippen molar-refractivity contribution in [3.05, 3.63) is 23.5 Å². The lowest BCUT2D eigenvalue weighted by Gasteiger charge is -2.21. The number of rotatable bonds is 3. The molecule has 6 nitrogen and oxygen atoms in total. The van der Waals surface area contributed by atoms with Crippen LogP contribution < -0.4 is 16.1 Å². The van der Waals surface area contributed by atoms with Crippen LogP contribution in [0.15, 0.2) is 12.1 Å². The lowest BCUT2D eigenvalue weighted by atomic mass is 9.77. The predicted molar refractivity (Wildman–Crippen MR) is 72.5 cm³/mol. The summed E-state index contributed by atoms with van der Waals surface area (Å²) in [5.74, 6) is -1.75. The van der Waals surface area contributed by atoms with Gasteiger partial charge >= 0.3 is 13.1 Å². The van der Waals surface area contributed by atoms with Crippen molar-refractivity contribution >= 4 is 24.2 Å². The quantitative estimate of drug-likeness (QED) is 0.611.